The zero-order valence-corrected chi connectivity index (χ0v) is 14.0. The van der Waals surface area contributed by atoms with Gasteiger partial charge < -0.3 is 14.8 Å². The van der Waals surface area contributed by atoms with E-state index in [1.165, 1.54) is 0 Å². The third kappa shape index (κ3) is 4.05. The van der Waals surface area contributed by atoms with Crippen LogP contribution in [-0.2, 0) is 11.2 Å². The van der Waals surface area contributed by atoms with Gasteiger partial charge in [0.05, 0.1) is 20.3 Å². The number of nitriles is 1. The van der Waals surface area contributed by atoms with Crippen molar-refractivity contribution in [3.05, 3.63) is 53.6 Å². The van der Waals surface area contributed by atoms with Crippen LogP contribution in [0.2, 0.25) is 0 Å². The molecule has 0 bridgehead atoms. The number of ether oxygens (including phenoxy) is 2. The summed E-state index contributed by atoms with van der Waals surface area (Å²) in [7, 11) is 3.12. The number of rotatable bonds is 6. The van der Waals surface area contributed by atoms with Crippen molar-refractivity contribution in [1.82, 2.24) is 0 Å². The highest BCUT2D eigenvalue weighted by atomic mass is 16.5. The Bertz CT molecular complexity index is 765. The summed E-state index contributed by atoms with van der Waals surface area (Å²) in [5.74, 6) is 0.115. The van der Waals surface area contributed by atoms with Crippen molar-refractivity contribution in [3.8, 4) is 17.6 Å². The minimum absolute atomic E-state index is 0.245. The molecule has 0 aliphatic carbocycles. The highest BCUT2D eigenvalue weighted by Gasteiger charge is 2.21. The Hall–Kier alpha value is -3.00. The molecule has 0 saturated carbocycles. The molecular formula is C19H20N2O3. The molecule has 1 unspecified atom stereocenters. The molecule has 0 saturated heterocycles. The molecule has 5 nitrogen and oxygen atoms in total. The van der Waals surface area contributed by atoms with Gasteiger partial charge in [-0.2, -0.15) is 5.26 Å². The molecule has 124 valence electrons. The van der Waals surface area contributed by atoms with Crippen LogP contribution < -0.4 is 14.8 Å². The quantitative estimate of drug-likeness (QED) is 0.884. The monoisotopic (exact) mass is 324 g/mol. The maximum atomic E-state index is 12.4. The number of para-hydroxylation sites is 1. The van der Waals surface area contributed by atoms with Crippen LogP contribution in [0.3, 0.4) is 0 Å². The zero-order valence-electron chi connectivity index (χ0n) is 14.0. The van der Waals surface area contributed by atoms with Crippen molar-refractivity contribution in [1.29, 1.82) is 5.26 Å². The first kappa shape index (κ1) is 17.4. The molecule has 0 aliphatic rings. The third-order valence-corrected chi connectivity index (χ3v) is 3.79. The molecular weight excluding hydrogens is 304 g/mol. The number of amides is 1. The Morgan fingerprint density at radius 2 is 1.96 bits per heavy atom. The van der Waals surface area contributed by atoms with Gasteiger partial charge in [-0.15, -0.1) is 0 Å². The smallest absolute Gasteiger partial charge is 0.242 e. The fourth-order valence-electron chi connectivity index (χ4n) is 2.39. The lowest BCUT2D eigenvalue weighted by molar-refractivity contribution is -0.118. The summed E-state index contributed by atoms with van der Waals surface area (Å²) in [4.78, 5) is 12.4. The Kier molecular flexibility index (Phi) is 5.80. The highest BCUT2D eigenvalue weighted by molar-refractivity contribution is 5.95. The number of carbonyl (C=O) groups is 1. The number of nitrogens with one attached hydrogen (secondary N) is 1. The lowest BCUT2D eigenvalue weighted by Crippen LogP contribution is -2.24. The fraction of sp³-hybridized carbons (Fsp3) is 0.263. The summed E-state index contributed by atoms with van der Waals surface area (Å²) in [5.41, 5.74) is 2.41. The van der Waals surface area contributed by atoms with Gasteiger partial charge in [-0.3, -0.25) is 4.79 Å². The van der Waals surface area contributed by atoms with E-state index < -0.39 is 5.92 Å². The molecule has 1 atom stereocenters. The second-order valence-corrected chi connectivity index (χ2v) is 5.37. The Morgan fingerprint density at radius 1 is 1.21 bits per heavy atom. The molecule has 0 spiro atoms. The van der Waals surface area contributed by atoms with Gasteiger partial charge in [0.1, 0.15) is 17.4 Å². The summed E-state index contributed by atoms with van der Waals surface area (Å²) < 4.78 is 10.5. The van der Waals surface area contributed by atoms with Crippen LogP contribution in [0.4, 0.5) is 5.69 Å². The van der Waals surface area contributed by atoms with E-state index in [9.17, 15) is 10.1 Å². The Labute approximate surface area is 141 Å². The van der Waals surface area contributed by atoms with Crippen molar-refractivity contribution in [2.45, 2.75) is 13.3 Å². The second kappa shape index (κ2) is 8.02. The first-order chi connectivity index (χ1) is 11.6. The van der Waals surface area contributed by atoms with Crippen molar-refractivity contribution < 1.29 is 14.3 Å². The summed E-state index contributed by atoms with van der Waals surface area (Å²) >= 11 is 0. The van der Waals surface area contributed by atoms with Gasteiger partial charge in [-0.05, 0) is 42.3 Å². The van der Waals surface area contributed by atoms with Gasteiger partial charge in [0, 0.05) is 12.1 Å². The Balaban J connectivity index is 2.19. The van der Waals surface area contributed by atoms with Gasteiger partial charge >= 0.3 is 0 Å². The van der Waals surface area contributed by atoms with Crippen molar-refractivity contribution >= 4 is 11.6 Å². The SMILES string of the molecule is COc1ccc(OC)c(CC(C#N)C(=O)Nc2ccccc2C)c1. The number of benzene rings is 2. The molecule has 2 aromatic carbocycles. The number of carbonyl (C=O) groups excluding carboxylic acids is 1. The van der Waals surface area contributed by atoms with Crippen LogP contribution in [0.25, 0.3) is 0 Å². The summed E-state index contributed by atoms with van der Waals surface area (Å²) in [6.45, 7) is 1.90. The Morgan fingerprint density at radius 3 is 2.58 bits per heavy atom. The third-order valence-electron chi connectivity index (χ3n) is 3.79. The number of methoxy groups -OCH3 is 2. The molecule has 1 amide bonds. The molecule has 2 aromatic rings. The van der Waals surface area contributed by atoms with Crippen LogP contribution in [-0.4, -0.2) is 20.1 Å². The van der Waals surface area contributed by atoms with Crippen molar-refractivity contribution in [3.63, 3.8) is 0 Å². The van der Waals surface area contributed by atoms with Gasteiger partial charge in [-0.1, -0.05) is 18.2 Å². The number of aryl methyl sites for hydroxylation is 1. The lowest BCUT2D eigenvalue weighted by Gasteiger charge is -2.14. The standard InChI is InChI=1S/C19H20N2O3/c1-13-6-4-5-7-17(13)21-19(22)15(12-20)10-14-11-16(23-2)8-9-18(14)24-3/h4-9,11,15H,10H2,1-3H3,(H,21,22). The number of nitrogens with zero attached hydrogens (tertiary/aromatic N) is 1. The van der Waals surface area contributed by atoms with Crippen LogP contribution in [0.1, 0.15) is 11.1 Å². The molecule has 2 rings (SSSR count). The maximum Gasteiger partial charge on any atom is 0.242 e. The normalized spacial score (nSPS) is 11.2. The molecule has 24 heavy (non-hydrogen) atoms. The number of hydrogen-bond donors (Lipinski definition) is 1. The topological polar surface area (TPSA) is 71.3 Å². The van der Waals surface area contributed by atoms with Gasteiger partial charge in [0.15, 0.2) is 0 Å². The van der Waals surface area contributed by atoms with Crippen molar-refractivity contribution in [2.75, 3.05) is 19.5 Å². The van der Waals surface area contributed by atoms with Gasteiger partial charge in [-0.25, -0.2) is 0 Å². The predicted octanol–water partition coefficient (Wildman–Crippen LogP) is 3.33. The van der Waals surface area contributed by atoms with E-state index in [1.54, 1.807) is 32.4 Å². The molecule has 0 aromatic heterocycles. The minimum Gasteiger partial charge on any atom is -0.497 e. The molecule has 5 heteroatoms. The fourth-order valence-corrected chi connectivity index (χ4v) is 2.39. The molecule has 0 heterocycles. The lowest BCUT2D eigenvalue weighted by atomic mass is 9.98. The molecule has 0 radical (unpaired) electrons. The number of hydrogen-bond acceptors (Lipinski definition) is 4. The average Bonchev–Trinajstić information content (AvgIpc) is 2.61. The van der Waals surface area contributed by atoms with Crippen LogP contribution >= 0.6 is 0 Å². The van der Waals surface area contributed by atoms with E-state index in [4.69, 9.17) is 9.47 Å². The van der Waals surface area contributed by atoms with Crippen LogP contribution in [0, 0.1) is 24.2 Å². The second-order valence-electron chi connectivity index (χ2n) is 5.37. The highest BCUT2D eigenvalue weighted by Crippen LogP contribution is 2.27. The molecule has 1 N–H and O–H groups in total. The first-order valence-electron chi connectivity index (χ1n) is 7.56. The van der Waals surface area contributed by atoms with Crippen LogP contribution in [0.5, 0.6) is 11.5 Å². The molecule has 0 fully saturated rings. The minimum atomic E-state index is -0.828. The van der Waals surface area contributed by atoms with E-state index in [0.29, 0.717) is 17.2 Å². The summed E-state index contributed by atoms with van der Waals surface area (Å²) in [6, 6.07) is 14.9. The van der Waals surface area contributed by atoms with E-state index in [1.807, 2.05) is 31.2 Å². The van der Waals surface area contributed by atoms with E-state index in [-0.39, 0.29) is 12.3 Å². The predicted molar refractivity (Wildman–Crippen MR) is 92.2 cm³/mol. The summed E-state index contributed by atoms with van der Waals surface area (Å²) in [5, 5.41) is 12.2. The maximum absolute atomic E-state index is 12.4. The van der Waals surface area contributed by atoms with Crippen molar-refractivity contribution in [2.24, 2.45) is 5.92 Å². The van der Waals surface area contributed by atoms with Gasteiger partial charge in [0.25, 0.3) is 0 Å². The summed E-state index contributed by atoms with van der Waals surface area (Å²) in [6.07, 6.45) is 0.245. The average molecular weight is 324 g/mol. The van der Waals surface area contributed by atoms with E-state index in [0.717, 1.165) is 11.1 Å². The largest absolute Gasteiger partial charge is 0.497 e. The van der Waals surface area contributed by atoms with E-state index >= 15 is 0 Å². The first-order valence-corrected chi connectivity index (χ1v) is 7.56. The zero-order chi connectivity index (χ0) is 17.5. The van der Waals surface area contributed by atoms with Gasteiger partial charge in [0.2, 0.25) is 5.91 Å². The molecule has 0 aliphatic heterocycles. The number of anilines is 1. The van der Waals surface area contributed by atoms with Crippen LogP contribution in [0.15, 0.2) is 42.5 Å². The van der Waals surface area contributed by atoms with E-state index in [2.05, 4.69) is 11.4 Å².